The average molecular weight is 468 g/mol. The molecule has 0 spiro atoms. The number of carbonyl (C=O) groups is 2. The van der Waals surface area contributed by atoms with Gasteiger partial charge in [-0.15, -0.1) is 11.6 Å². The number of hydrogen-bond acceptors (Lipinski definition) is 2. The molecule has 1 N–H and O–H groups in total. The van der Waals surface area contributed by atoms with Gasteiger partial charge in [-0.3, -0.25) is 14.5 Å². The minimum atomic E-state index is -0.888. The Labute approximate surface area is 192 Å². The predicted molar refractivity (Wildman–Crippen MR) is 123 cm³/mol. The molecule has 2 amide bonds. The lowest BCUT2D eigenvalue weighted by Gasteiger charge is -2.35. The van der Waals surface area contributed by atoms with Gasteiger partial charge in [0.05, 0.1) is 0 Å². The molecule has 2 aromatic carbocycles. The summed E-state index contributed by atoms with van der Waals surface area (Å²) in [5.74, 6) is -0.499. The Morgan fingerprint density at radius 1 is 1.07 bits per heavy atom. The van der Waals surface area contributed by atoms with Crippen molar-refractivity contribution in [2.45, 2.75) is 44.7 Å². The number of anilines is 1. The van der Waals surface area contributed by atoms with E-state index in [2.05, 4.69) is 12.2 Å². The molecule has 1 aliphatic carbocycles. The van der Waals surface area contributed by atoms with Gasteiger partial charge in [0.1, 0.15) is 11.9 Å². The minimum absolute atomic E-state index is 0.0772. The van der Waals surface area contributed by atoms with Gasteiger partial charge in [-0.05, 0) is 54.7 Å². The smallest absolute Gasteiger partial charge is 0.248 e. The fourth-order valence-corrected chi connectivity index (χ4v) is 4.42. The molecule has 3 atom stereocenters. The topological polar surface area (TPSA) is 49.4 Å². The summed E-state index contributed by atoms with van der Waals surface area (Å²) in [6.45, 7) is 2.15. The molecule has 0 aromatic heterocycles. The van der Waals surface area contributed by atoms with Crippen LogP contribution in [-0.2, 0) is 9.59 Å². The molecule has 3 unspecified atom stereocenters. The highest BCUT2D eigenvalue weighted by Crippen LogP contribution is 2.32. The molecule has 160 valence electrons. The number of alkyl halides is 1. The first-order chi connectivity index (χ1) is 14.4. The summed E-state index contributed by atoms with van der Waals surface area (Å²) in [4.78, 5) is 27.9. The molecular weight excluding hydrogens is 443 g/mol. The maximum atomic E-state index is 13.5. The van der Waals surface area contributed by atoms with E-state index in [4.69, 9.17) is 34.8 Å². The van der Waals surface area contributed by atoms with E-state index in [-0.39, 0.29) is 23.7 Å². The van der Waals surface area contributed by atoms with Crippen molar-refractivity contribution >= 4 is 52.3 Å². The molecule has 0 bridgehead atoms. The van der Waals surface area contributed by atoms with Crippen molar-refractivity contribution < 1.29 is 9.59 Å². The Hall–Kier alpha value is -1.75. The van der Waals surface area contributed by atoms with E-state index >= 15 is 0 Å². The van der Waals surface area contributed by atoms with Crippen LogP contribution in [0, 0.1) is 5.92 Å². The molecule has 2 aromatic rings. The highest BCUT2D eigenvalue weighted by Gasteiger charge is 2.34. The number of nitrogens with zero attached hydrogens (tertiary/aromatic N) is 1. The van der Waals surface area contributed by atoms with Crippen molar-refractivity contribution in [2.75, 3.05) is 10.8 Å². The lowest BCUT2D eigenvalue weighted by Crippen LogP contribution is -2.49. The van der Waals surface area contributed by atoms with Crippen LogP contribution in [0.2, 0.25) is 10.0 Å². The van der Waals surface area contributed by atoms with E-state index in [1.807, 2.05) is 0 Å². The maximum absolute atomic E-state index is 13.5. The SMILES string of the molecule is CC1CCCCC1NC(=O)C(c1ccc(Cl)cc1)N(C(=O)CCl)c1cccc(Cl)c1. The zero-order valence-corrected chi connectivity index (χ0v) is 19.1. The first kappa shape index (κ1) is 22.9. The van der Waals surface area contributed by atoms with Crippen molar-refractivity contribution in [3.63, 3.8) is 0 Å². The standard InChI is InChI=1S/C23H25Cl3N2O2/c1-15-5-2-3-8-20(15)27-23(30)22(16-9-11-17(25)12-10-16)28(21(29)14-24)19-7-4-6-18(26)13-19/h4,6-7,9-13,15,20,22H,2-3,5,8,14H2,1H3,(H,27,30). The minimum Gasteiger partial charge on any atom is -0.351 e. The molecule has 1 aliphatic rings. The number of halogens is 3. The Morgan fingerprint density at radius 3 is 2.40 bits per heavy atom. The molecule has 0 saturated heterocycles. The zero-order chi connectivity index (χ0) is 21.7. The van der Waals surface area contributed by atoms with Gasteiger partial charge < -0.3 is 5.32 Å². The Bertz CT molecular complexity index is 888. The highest BCUT2D eigenvalue weighted by atomic mass is 35.5. The summed E-state index contributed by atoms with van der Waals surface area (Å²) in [5.41, 5.74) is 1.17. The van der Waals surface area contributed by atoms with Crippen LogP contribution in [0.3, 0.4) is 0 Å². The molecule has 4 nitrogen and oxygen atoms in total. The molecule has 1 fully saturated rings. The van der Waals surface area contributed by atoms with Crippen LogP contribution in [0.4, 0.5) is 5.69 Å². The van der Waals surface area contributed by atoms with Crippen molar-refractivity contribution in [1.29, 1.82) is 0 Å². The van der Waals surface area contributed by atoms with Crippen LogP contribution in [-0.4, -0.2) is 23.7 Å². The van der Waals surface area contributed by atoms with Gasteiger partial charge in [-0.1, -0.05) is 61.2 Å². The van der Waals surface area contributed by atoms with Gasteiger partial charge in [0.25, 0.3) is 0 Å². The summed E-state index contributed by atoms with van der Waals surface area (Å²) in [6, 6.07) is 13.0. The van der Waals surface area contributed by atoms with Crippen molar-refractivity contribution in [3.05, 3.63) is 64.1 Å². The molecule has 0 radical (unpaired) electrons. The van der Waals surface area contributed by atoms with Crippen LogP contribution in [0.25, 0.3) is 0 Å². The third-order valence-electron chi connectivity index (χ3n) is 5.60. The van der Waals surface area contributed by atoms with Gasteiger partial charge in [0.15, 0.2) is 0 Å². The van der Waals surface area contributed by atoms with E-state index in [1.165, 1.54) is 11.3 Å². The first-order valence-electron chi connectivity index (χ1n) is 10.1. The Balaban J connectivity index is 2.02. The molecule has 3 rings (SSSR count). The summed E-state index contributed by atoms with van der Waals surface area (Å²) in [6.07, 6.45) is 4.27. The fraction of sp³-hybridized carbons (Fsp3) is 0.391. The number of nitrogens with one attached hydrogen (secondary N) is 1. The molecule has 7 heteroatoms. The number of rotatable bonds is 6. The van der Waals surface area contributed by atoms with Gasteiger partial charge in [-0.25, -0.2) is 0 Å². The maximum Gasteiger partial charge on any atom is 0.248 e. The number of hydrogen-bond donors (Lipinski definition) is 1. The third kappa shape index (κ3) is 5.48. The van der Waals surface area contributed by atoms with Crippen LogP contribution in [0.5, 0.6) is 0 Å². The molecule has 1 saturated carbocycles. The van der Waals surface area contributed by atoms with Crippen LogP contribution < -0.4 is 10.2 Å². The number of benzene rings is 2. The predicted octanol–water partition coefficient (Wildman–Crippen LogP) is 6.00. The monoisotopic (exact) mass is 466 g/mol. The summed E-state index contributed by atoms with van der Waals surface area (Å²) in [7, 11) is 0. The van der Waals surface area contributed by atoms with E-state index in [0.29, 0.717) is 27.2 Å². The Kier molecular flexibility index (Phi) is 8.04. The van der Waals surface area contributed by atoms with E-state index in [9.17, 15) is 9.59 Å². The van der Waals surface area contributed by atoms with Crippen LogP contribution >= 0.6 is 34.8 Å². The average Bonchev–Trinajstić information content (AvgIpc) is 2.74. The Morgan fingerprint density at radius 2 is 1.77 bits per heavy atom. The second-order valence-electron chi connectivity index (χ2n) is 7.71. The second kappa shape index (κ2) is 10.5. The molecule has 0 aliphatic heterocycles. The van der Waals surface area contributed by atoms with Crippen LogP contribution in [0.15, 0.2) is 48.5 Å². The van der Waals surface area contributed by atoms with Crippen LogP contribution in [0.1, 0.15) is 44.2 Å². The molecular formula is C23H25Cl3N2O2. The van der Waals surface area contributed by atoms with Gasteiger partial charge in [-0.2, -0.15) is 0 Å². The highest BCUT2D eigenvalue weighted by molar-refractivity contribution is 6.32. The fourth-order valence-electron chi connectivity index (χ4n) is 3.98. The van der Waals surface area contributed by atoms with Crippen molar-refractivity contribution in [3.8, 4) is 0 Å². The first-order valence-corrected chi connectivity index (χ1v) is 11.4. The number of amides is 2. The normalized spacial score (nSPS) is 19.7. The largest absolute Gasteiger partial charge is 0.351 e. The van der Waals surface area contributed by atoms with E-state index in [0.717, 1.165) is 19.3 Å². The zero-order valence-electron chi connectivity index (χ0n) is 16.8. The lowest BCUT2D eigenvalue weighted by molar-refractivity contribution is -0.126. The lowest BCUT2D eigenvalue weighted by atomic mass is 9.85. The second-order valence-corrected chi connectivity index (χ2v) is 8.85. The number of carbonyl (C=O) groups excluding carboxylic acids is 2. The summed E-state index contributed by atoms with van der Waals surface area (Å²) >= 11 is 18.2. The van der Waals surface area contributed by atoms with Gasteiger partial charge in [0, 0.05) is 21.8 Å². The quantitative estimate of drug-likeness (QED) is 0.530. The van der Waals surface area contributed by atoms with Crippen molar-refractivity contribution in [2.24, 2.45) is 5.92 Å². The van der Waals surface area contributed by atoms with Gasteiger partial charge >= 0.3 is 0 Å². The van der Waals surface area contributed by atoms with E-state index in [1.54, 1.807) is 48.5 Å². The molecule has 0 heterocycles. The third-order valence-corrected chi connectivity index (χ3v) is 6.32. The van der Waals surface area contributed by atoms with Crippen molar-refractivity contribution in [1.82, 2.24) is 5.32 Å². The van der Waals surface area contributed by atoms with E-state index < -0.39 is 6.04 Å². The molecule has 30 heavy (non-hydrogen) atoms. The van der Waals surface area contributed by atoms with Gasteiger partial charge in [0.2, 0.25) is 11.8 Å². The summed E-state index contributed by atoms with van der Waals surface area (Å²) < 4.78 is 0. The summed E-state index contributed by atoms with van der Waals surface area (Å²) in [5, 5.41) is 4.20.